The molecule has 0 heterocycles. The highest BCUT2D eigenvalue weighted by atomic mass is 79.9. The van der Waals surface area contributed by atoms with Gasteiger partial charge in [0.15, 0.2) is 0 Å². The standard InChI is InChI=1S/C15H16BrN3O4S/c1-17-24(22,23)13-7-8-14(15(9-13)19(20)21)18(2)10-11-3-5-12(16)6-4-11/h3-9,17H,10H2,1-2H3. The van der Waals surface area contributed by atoms with E-state index < -0.39 is 14.9 Å². The smallest absolute Gasteiger partial charge is 0.293 e. The molecule has 0 fully saturated rings. The van der Waals surface area contributed by atoms with Gasteiger partial charge in [-0.25, -0.2) is 13.1 Å². The number of anilines is 1. The Hall–Kier alpha value is -1.97. The number of nitrogens with one attached hydrogen (secondary N) is 1. The van der Waals surface area contributed by atoms with E-state index in [4.69, 9.17) is 0 Å². The predicted molar refractivity (Wildman–Crippen MR) is 95.6 cm³/mol. The van der Waals surface area contributed by atoms with E-state index in [1.807, 2.05) is 24.3 Å². The lowest BCUT2D eigenvalue weighted by Crippen LogP contribution is -2.20. The van der Waals surface area contributed by atoms with Crippen LogP contribution in [0.15, 0.2) is 51.8 Å². The summed E-state index contributed by atoms with van der Waals surface area (Å²) in [5.74, 6) is 0. The van der Waals surface area contributed by atoms with E-state index in [-0.39, 0.29) is 10.6 Å². The monoisotopic (exact) mass is 413 g/mol. The molecular weight excluding hydrogens is 398 g/mol. The topological polar surface area (TPSA) is 92.6 Å². The Labute approximate surface area is 148 Å². The number of hydrogen-bond donors (Lipinski definition) is 1. The van der Waals surface area contributed by atoms with Gasteiger partial charge in [-0.1, -0.05) is 28.1 Å². The zero-order valence-electron chi connectivity index (χ0n) is 13.1. The maximum absolute atomic E-state index is 11.8. The first kappa shape index (κ1) is 18.4. The summed E-state index contributed by atoms with van der Waals surface area (Å²) in [7, 11) is -0.761. The van der Waals surface area contributed by atoms with E-state index in [9.17, 15) is 18.5 Å². The fourth-order valence-electron chi connectivity index (χ4n) is 2.21. The van der Waals surface area contributed by atoms with Crippen molar-refractivity contribution in [1.29, 1.82) is 0 Å². The fourth-order valence-corrected chi connectivity index (χ4v) is 3.22. The van der Waals surface area contributed by atoms with Crippen LogP contribution in [0, 0.1) is 10.1 Å². The fraction of sp³-hybridized carbons (Fsp3) is 0.200. The normalized spacial score (nSPS) is 11.3. The molecule has 7 nitrogen and oxygen atoms in total. The number of nitro benzene ring substituents is 1. The average Bonchev–Trinajstić information content (AvgIpc) is 2.56. The summed E-state index contributed by atoms with van der Waals surface area (Å²) in [5.41, 5.74) is 1.06. The van der Waals surface area contributed by atoms with Crippen LogP contribution in [-0.2, 0) is 16.6 Å². The van der Waals surface area contributed by atoms with Gasteiger partial charge in [0.05, 0.1) is 9.82 Å². The maximum Gasteiger partial charge on any atom is 0.293 e. The molecule has 24 heavy (non-hydrogen) atoms. The molecule has 0 aliphatic carbocycles. The molecule has 0 atom stereocenters. The molecule has 0 aromatic heterocycles. The number of sulfonamides is 1. The summed E-state index contributed by atoms with van der Waals surface area (Å²) in [5, 5.41) is 11.3. The second-order valence-corrected chi connectivity index (χ2v) is 7.90. The van der Waals surface area contributed by atoms with Crippen LogP contribution in [0.1, 0.15) is 5.56 Å². The molecule has 0 saturated heterocycles. The van der Waals surface area contributed by atoms with Crippen LogP contribution < -0.4 is 9.62 Å². The first-order valence-corrected chi connectivity index (χ1v) is 9.20. The van der Waals surface area contributed by atoms with Gasteiger partial charge in [0, 0.05) is 24.1 Å². The minimum absolute atomic E-state index is 0.141. The average molecular weight is 414 g/mol. The van der Waals surface area contributed by atoms with Crippen molar-refractivity contribution in [3.63, 3.8) is 0 Å². The number of hydrogen-bond acceptors (Lipinski definition) is 5. The molecule has 0 saturated carbocycles. The molecule has 9 heteroatoms. The van der Waals surface area contributed by atoms with Crippen molar-refractivity contribution in [2.45, 2.75) is 11.4 Å². The van der Waals surface area contributed by atoms with Crippen molar-refractivity contribution < 1.29 is 13.3 Å². The van der Waals surface area contributed by atoms with Gasteiger partial charge in [-0.15, -0.1) is 0 Å². The summed E-state index contributed by atoms with van der Waals surface area (Å²) in [4.78, 5) is 12.3. The SMILES string of the molecule is CNS(=O)(=O)c1ccc(N(C)Cc2ccc(Br)cc2)c([N+](=O)[O-])c1. The molecule has 0 aliphatic heterocycles. The number of nitrogens with zero attached hydrogens (tertiary/aromatic N) is 2. The molecule has 1 N–H and O–H groups in total. The minimum Gasteiger partial charge on any atom is -0.365 e. The number of rotatable bonds is 6. The second kappa shape index (κ2) is 7.29. The molecule has 2 aromatic carbocycles. The quantitative estimate of drug-likeness (QED) is 0.580. The number of benzene rings is 2. The Morgan fingerprint density at radius 2 is 1.83 bits per heavy atom. The summed E-state index contributed by atoms with van der Waals surface area (Å²) in [6.45, 7) is 0.451. The van der Waals surface area contributed by atoms with E-state index in [1.54, 1.807) is 11.9 Å². The molecule has 0 radical (unpaired) electrons. The number of halogens is 1. The van der Waals surface area contributed by atoms with E-state index in [0.29, 0.717) is 12.2 Å². The van der Waals surface area contributed by atoms with Gasteiger partial charge in [-0.2, -0.15) is 0 Å². The van der Waals surface area contributed by atoms with Gasteiger partial charge in [0.25, 0.3) is 5.69 Å². The lowest BCUT2D eigenvalue weighted by atomic mass is 10.2. The van der Waals surface area contributed by atoms with Crippen molar-refractivity contribution >= 4 is 37.3 Å². The molecule has 2 aromatic rings. The van der Waals surface area contributed by atoms with Crippen molar-refractivity contribution in [2.75, 3.05) is 19.0 Å². The van der Waals surface area contributed by atoms with Crippen LogP contribution in [0.4, 0.5) is 11.4 Å². The van der Waals surface area contributed by atoms with Crippen molar-refractivity contribution in [3.8, 4) is 0 Å². The highest BCUT2D eigenvalue weighted by Gasteiger charge is 2.22. The largest absolute Gasteiger partial charge is 0.365 e. The first-order valence-electron chi connectivity index (χ1n) is 6.92. The lowest BCUT2D eigenvalue weighted by molar-refractivity contribution is -0.384. The molecule has 0 bridgehead atoms. The van der Waals surface area contributed by atoms with Crippen LogP contribution in [-0.4, -0.2) is 27.4 Å². The van der Waals surface area contributed by atoms with Crippen LogP contribution in [0.5, 0.6) is 0 Å². The summed E-state index contributed by atoms with van der Waals surface area (Å²) in [6.07, 6.45) is 0. The molecular formula is C15H16BrN3O4S. The summed E-state index contributed by atoms with van der Waals surface area (Å²) < 4.78 is 26.8. The van der Waals surface area contributed by atoms with E-state index >= 15 is 0 Å². The minimum atomic E-state index is -3.74. The van der Waals surface area contributed by atoms with Crippen molar-refractivity contribution in [1.82, 2.24) is 4.72 Å². The Bertz CT molecular complexity index is 854. The van der Waals surface area contributed by atoms with Gasteiger partial charge < -0.3 is 4.90 Å². The summed E-state index contributed by atoms with van der Waals surface area (Å²) >= 11 is 3.35. The van der Waals surface area contributed by atoms with E-state index in [2.05, 4.69) is 20.7 Å². The van der Waals surface area contributed by atoms with Crippen molar-refractivity contribution in [2.24, 2.45) is 0 Å². The first-order chi connectivity index (χ1) is 11.2. The maximum atomic E-state index is 11.8. The highest BCUT2D eigenvalue weighted by molar-refractivity contribution is 9.10. The molecule has 2 rings (SSSR count). The van der Waals surface area contributed by atoms with Gasteiger partial charge in [0.2, 0.25) is 10.0 Å². The molecule has 0 aliphatic rings. The second-order valence-electron chi connectivity index (χ2n) is 5.10. The van der Waals surface area contributed by atoms with Crippen LogP contribution in [0.3, 0.4) is 0 Å². The molecule has 0 amide bonds. The third-order valence-electron chi connectivity index (χ3n) is 3.47. The zero-order valence-corrected chi connectivity index (χ0v) is 15.5. The lowest BCUT2D eigenvalue weighted by Gasteiger charge is -2.19. The number of nitro groups is 1. The van der Waals surface area contributed by atoms with Gasteiger partial charge in [-0.3, -0.25) is 10.1 Å². The van der Waals surface area contributed by atoms with Crippen molar-refractivity contribution in [3.05, 3.63) is 62.6 Å². The van der Waals surface area contributed by atoms with E-state index in [0.717, 1.165) is 16.1 Å². The molecule has 0 spiro atoms. The third kappa shape index (κ3) is 4.11. The van der Waals surface area contributed by atoms with Crippen LogP contribution in [0.25, 0.3) is 0 Å². The molecule has 0 unspecified atom stereocenters. The van der Waals surface area contributed by atoms with Gasteiger partial charge >= 0.3 is 0 Å². The highest BCUT2D eigenvalue weighted by Crippen LogP contribution is 2.31. The Kier molecular flexibility index (Phi) is 5.58. The van der Waals surface area contributed by atoms with Gasteiger partial charge in [0.1, 0.15) is 5.69 Å². The zero-order chi connectivity index (χ0) is 17.9. The van der Waals surface area contributed by atoms with Crippen LogP contribution >= 0.6 is 15.9 Å². The summed E-state index contributed by atoms with van der Waals surface area (Å²) in [6, 6.07) is 11.5. The Balaban J connectivity index is 2.38. The Morgan fingerprint density at radius 3 is 2.38 bits per heavy atom. The molecule has 128 valence electrons. The Morgan fingerprint density at radius 1 is 1.21 bits per heavy atom. The predicted octanol–water partition coefficient (Wildman–Crippen LogP) is 2.90. The third-order valence-corrected chi connectivity index (χ3v) is 5.41. The van der Waals surface area contributed by atoms with Crippen LogP contribution in [0.2, 0.25) is 0 Å². The van der Waals surface area contributed by atoms with E-state index in [1.165, 1.54) is 19.2 Å². The van der Waals surface area contributed by atoms with Gasteiger partial charge in [-0.05, 0) is 36.9 Å².